The molecule has 1 fully saturated rings. The number of thioether (sulfide) groups is 1. The van der Waals surface area contributed by atoms with Crippen LogP contribution in [0.15, 0.2) is 58.5 Å². The number of anilines is 1. The van der Waals surface area contributed by atoms with Gasteiger partial charge < -0.3 is 0 Å². The Morgan fingerprint density at radius 2 is 1.72 bits per heavy atom. The molecule has 5 nitrogen and oxygen atoms in total. The van der Waals surface area contributed by atoms with E-state index >= 15 is 0 Å². The molecule has 2 aromatic rings. The van der Waals surface area contributed by atoms with Crippen LogP contribution in [-0.2, 0) is 0 Å². The maximum atomic E-state index is 10.6. The van der Waals surface area contributed by atoms with Crippen molar-refractivity contribution in [1.29, 1.82) is 0 Å². The quantitative estimate of drug-likeness (QED) is 0.424. The highest BCUT2D eigenvalue weighted by molar-refractivity contribution is 8.00. The second-order valence-corrected chi connectivity index (χ2v) is 7.49. The van der Waals surface area contributed by atoms with Crippen LogP contribution in [-0.4, -0.2) is 16.4 Å². The number of nitrogens with zero attached hydrogens (tertiary/aromatic N) is 2. The van der Waals surface area contributed by atoms with Crippen molar-refractivity contribution < 1.29 is 4.92 Å². The smallest absolute Gasteiger partial charge is 0.269 e. The molecule has 0 spiro atoms. The average Bonchev–Trinajstić information content (AvgIpc) is 2.64. The molecule has 0 aromatic heterocycles. The van der Waals surface area contributed by atoms with Crippen LogP contribution in [0.25, 0.3) is 0 Å². The number of nitro benzene ring substituents is 1. The Morgan fingerprint density at radius 3 is 2.36 bits per heavy atom. The molecule has 25 heavy (non-hydrogen) atoms. The molecule has 130 valence electrons. The van der Waals surface area contributed by atoms with Gasteiger partial charge in [-0.05, 0) is 42.7 Å². The van der Waals surface area contributed by atoms with E-state index in [4.69, 9.17) is 0 Å². The second kappa shape index (κ2) is 8.67. The summed E-state index contributed by atoms with van der Waals surface area (Å²) in [6.07, 6.45) is 8.50. The molecule has 0 bridgehead atoms. The average molecular weight is 355 g/mol. The predicted molar refractivity (Wildman–Crippen MR) is 103 cm³/mol. The van der Waals surface area contributed by atoms with Crippen LogP contribution in [0, 0.1) is 10.1 Å². The fraction of sp³-hybridized carbons (Fsp3) is 0.316. The van der Waals surface area contributed by atoms with Gasteiger partial charge in [-0.25, -0.2) is 0 Å². The Bertz CT molecular complexity index is 723. The fourth-order valence-corrected chi connectivity index (χ4v) is 4.09. The largest absolute Gasteiger partial charge is 0.278 e. The first kappa shape index (κ1) is 17.5. The van der Waals surface area contributed by atoms with Gasteiger partial charge in [0.2, 0.25) is 0 Å². The SMILES string of the molecule is O=[N+]([O-])c1ccc(NN=Cc2ccc(SC3CCCCC3)cc2)cc1. The molecule has 0 atom stereocenters. The molecule has 0 unspecified atom stereocenters. The van der Waals surface area contributed by atoms with Crippen molar-refractivity contribution in [1.82, 2.24) is 0 Å². The summed E-state index contributed by atoms with van der Waals surface area (Å²) >= 11 is 1.98. The highest BCUT2D eigenvalue weighted by Crippen LogP contribution is 2.33. The summed E-state index contributed by atoms with van der Waals surface area (Å²) in [5.74, 6) is 0. The number of rotatable bonds is 6. The molecule has 1 saturated carbocycles. The number of hydrogen-bond donors (Lipinski definition) is 1. The van der Waals surface area contributed by atoms with Crippen molar-refractivity contribution in [3.63, 3.8) is 0 Å². The summed E-state index contributed by atoms with van der Waals surface area (Å²) in [5.41, 5.74) is 4.68. The van der Waals surface area contributed by atoms with Gasteiger partial charge in [0.1, 0.15) is 0 Å². The molecule has 1 aliphatic rings. The highest BCUT2D eigenvalue weighted by atomic mass is 32.2. The molecule has 6 heteroatoms. The maximum Gasteiger partial charge on any atom is 0.269 e. The van der Waals surface area contributed by atoms with Crippen LogP contribution in [0.2, 0.25) is 0 Å². The van der Waals surface area contributed by atoms with E-state index < -0.39 is 4.92 Å². The third kappa shape index (κ3) is 5.32. The van der Waals surface area contributed by atoms with E-state index in [1.807, 2.05) is 11.8 Å². The Balaban J connectivity index is 1.52. The van der Waals surface area contributed by atoms with E-state index in [-0.39, 0.29) is 5.69 Å². The lowest BCUT2D eigenvalue weighted by molar-refractivity contribution is -0.384. The Hall–Kier alpha value is -2.34. The maximum absolute atomic E-state index is 10.6. The van der Waals surface area contributed by atoms with Crippen molar-refractivity contribution in [2.45, 2.75) is 42.2 Å². The minimum Gasteiger partial charge on any atom is -0.278 e. The van der Waals surface area contributed by atoms with Crippen LogP contribution >= 0.6 is 11.8 Å². The van der Waals surface area contributed by atoms with Gasteiger partial charge in [0.15, 0.2) is 0 Å². The van der Waals surface area contributed by atoms with E-state index in [1.54, 1.807) is 18.3 Å². The second-order valence-electron chi connectivity index (χ2n) is 6.12. The Kier molecular flexibility index (Phi) is 6.06. The van der Waals surface area contributed by atoms with Gasteiger partial charge in [0.25, 0.3) is 5.69 Å². The first-order valence-electron chi connectivity index (χ1n) is 8.51. The van der Waals surface area contributed by atoms with E-state index in [9.17, 15) is 10.1 Å². The van der Waals surface area contributed by atoms with Gasteiger partial charge >= 0.3 is 0 Å². The number of hydrazone groups is 1. The molecule has 3 rings (SSSR count). The number of benzene rings is 2. The molecule has 0 radical (unpaired) electrons. The van der Waals surface area contributed by atoms with E-state index in [0.717, 1.165) is 10.8 Å². The molecular formula is C19H21N3O2S. The van der Waals surface area contributed by atoms with Gasteiger partial charge in [-0.3, -0.25) is 15.5 Å². The minimum atomic E-state index is -0.417. The summed E-state index contributed by atoms with van der Waals surface area (Å²) in [4.78, 5) is 11.5. The molecule has 1 aliphatic carbocycles. The lowest BCUT2D eigenvalue weighted by Crippen LogP contribution is -2.07. The van der Waals surface area contributed by atoms with Crippen molar-refractivity contribution >= 4 is 29.4 Å². The molecule has 0 amide bonds. The first-order valence-corrected chi connectivity index (χ1v) is 9.39. The summed E-state index contributed by atoms with van der Waals surface area (Å²) in [5, 5.41) is 15.6. The van der Waals surface area contributed by atoms with Gasteiger partial charge in [-0.15, -0.1) is 11.8 Å². The Labute approximate surface area is 151 Å². The number of hydrogen-bond acceptors (Lipinski definition) is 5. The van der Waals surface area contributed by atoms with Crippen LogP contribution in [0.4, 0.5) is 11.4 Å². The van der Waals surface area contributed by atoms with Crippen LogP contribution in [0.1, 0.15) is 37.7 Å². The van der Waals surface area contributed by atoms with Crippen molar-refractivity contribution in [2.75, 3.05) is 5.43 Å². The topological polar surface area (TPSA) is 67.5 Å². The van der Waals surface area contributed by atoms with Gasteiger partial charge in [-0.2, -0.15) is 5.10 Å². The monoisotopic (exact) mass is 355 g/mol. The number of nitrogens with one attached hydrogen (secondary N) is 1. The third-order valence-corrected chi connectivity index (χ3v) is 5.57. The summed E-state index contributed by atoms with van der Waals surface area (Å²) < 4.78 is 0. The summed E-state index contributed by atoms with van der Waals surface area (Å²) in [6, 6.07) is 14.6. The van der Waals surface area contributed by atoms with Gasteiger partial charge in [0, 0.05) is 22.3 Å². The molecule has 0 aliphatic heterocycles. The van der Waals surface area contributed by atoms with E-state index in [0.29, 0.717) is 5.69 Å². The molecule has 0 heterocycles. The van der Waals surface area contributed by atoms with Crippen molar-refractivity contribution in [3.8, 4) is 0 Å². The molecule has 1 N–H and O–H groups in total. The zero-order valence-electron chi connectivity index (χ0n) is 13.9. The van der Waals surface area contributed by atoms with Crippen molar-refractivity contribution in [2.24, 2.45) is 5.10 Å². The minimum absolute atomic E-state index is 0.0700. The zero-order valence-corrected chi connectivity index (χ0v) is 14.7. The highest BCUT2D eigenvalue weighted by Gasteiger charge is 2.14. The normalized spacial score (nSPS) is 15.4. The fourth-order valence-electron chi connectivity index (χ4n) is 2.85. The zero-order chi connectivity index (χ0) is 17.5. The molecule has 0 saturated heterocycles. The predicted octanol–water partition coefficient (Wildman–Crippen LogP) is 5.47. The van der Waals surface area contributed by atoms with Gasteiger partial charge in [-0.1, -0.05) is 31.4 Å². The van der Waals surface area contributed by atoms with E-state index in [2.05, 4.69) is 34.8 Å². The lowest BCUT2D eigenvalue weighted by atomic mass is 10.0. The van der Waals surface area contributed by atoms with Crippen LogP contribution in [0.5, 0.6) is 0 Å². The van der Waals surface area contributed by atoms with Crippen LogP contribution < -0.4 is 5.43 Å². The number of non-ortho nitro benzene ring substituents is 1. The van der Waals surface area contributed by atoms with Gasteiger partial charge in [0.05, 0.1) is 16.8 Å². The lowest BCUT2D eigenvalue weighted by Gasteiger charge is -2.20. The third-order valence-electron chi connectivity index (χ3n) is 4.22. The van der Waals surface area contributed by atoms with E-state index in [1.165, 1.54) is 49.1 Å². The van der Waals surface area contributed by atoms with Crippen molar-refractivity contribution in [3.05, 3.63) is 64.2 Å². The number of nitro groups is 1. The summed E-state index contributed by atoms with van der Waals surface area (Å²) in [7, 11) is 0. The first-order chi connectivity index (χ1) is 12.2. The van der Waals surface area contributed by atoms with Crippen LogP contribution in [0.3, 0.4) is 0 Å². The Morgan fingerprint density at radius 1 is 1.04 bits per heavy atom. The molecule has 2 aromatic carbocycles. The molecular weight excluding hydrogens is 334 g/mol. The standard InChI is InChI=1S/C19H21N3O2S/c23-22(24)17-10-8-16(9-11-17)21-20-14-15-6-12-19(13-7-15)25-18-4-2-1-3-5-18/h6-14,18,21H,1-5H2. The summed E-state index contributed by atoms with van der Waals surface area (Å²) in [6.45, 7) is 0.